The largest absolute Gasteiger partial charge is 0.420 e. The number of rotatable bonds is 3. The number of aliphatic hydroxyl groups is 1. The molecule has 0 aliphatic carbocycles. The second kappa shape index (κ2) is 4.22. The van der Waals surface area contributed by atoms with Gasteiger partial charge < -0.3 is 5.11 Å². The highest BCUT2D eigenvalue weighted by Gasteiger charge is 2.41. The fraction of sp³-hybridized carbons (Fsp3) is 0.667. The summed E-state index contributed by atoms with van der Waals surface area (Å²) in [6.45, 7) is 4.09. The third-order valence-electron chi connectivity index (χ3n) is 1.88. The van der Waals surface area contributed by atoms with Gasteiger partial charge in [-0.05, 0) is 12.0 Å². The van der Waals surface area contributed by atoms with Crippen LogP contribution in [0.2, 0.25) is 0 Å². The molecule has 0 radical (unpaired) electrons. The van der Waals surface area contributed by atoms with E-state index in [1.54, 1.807) is 0 Å². The average molecular weight is 222 g/mol. The molecule has 1 aromatic heterocycles. The number of nitrogens with zero attached hydrogens (tertiary/aromatic N) is 2. The molecular weight excluding hydrogens is 209 g/mol. The maximum Gasteiger partial charge on any atom is 0.420 e. The van der Waals surface area contributed by atoms with Crippen LogP contribution in [0.15, 0.2) is 12.3 Å². The lowest BCUT2D eigenvalue weighted by Gasteiger charge is -2.17. The predicted molar refractivity (Wildman–Crippen MR) is 48.1 cm³/mol. The molecule has 86 valence electrons. The molecule has 0 fully saturated rings. The van der Waals surface area contributed by atoms with Crippen LogP contribution in [-0.4, -0.2) is 21.1 Å². The summed E-state index contributed by atoms with van der Waals surface area (Å²) in [4.78, 5) is 0. The van der Waals surface area contributed by atoms with Crippen molar-refractivity contribution in [1.29, 1.82) is 0 Å². The molecule has 0 aromatic carbocycles. The molecule has 1 rings (SSSR count). The summed E-state index contributed by atoms with van der Waals surface area (Å²) in [7, 11) is 0. The zero-order valence-corrected chi connectivity index (χ0v) is 8.49. The van der Waals surface area contributed by atoms with Gasteiger partial charge in [0.2, 0.25) is 0 Å². The number of alkyl halides is 3. The van der Waals surface area contributed by atoms with E-state index in [4.69, 9.17) is 5.11 Å². The second-order valence-corrected chi connectivity index (χ2v) is 3.78. The first-order valence-corrected chi connectivity index (χ1v) is 4.59. The van der Waals surface area contributed by atoms with Gasteiger partial charge in [-0.3, -0.25) is 4.68 Å². The Labute approximate surface area is 85.5 Å². The predicted octanol–water partition coefficient (Wildman–Crippen LogP) is 2.13. The van der Waals surface area contributed by atoms with Gasteiger partial charge in [0.25, 0.3) is 0 Å². The Morgan fingerprint density at radius 1 is 1.47 bits per heavy atom. The Hall–Kier alpha value is -1.04. The van der Waals surface area contributed by atoms with E-state index in [-0.39, 0.29) is 11.6 Å². The Morgan fingerprint density at radius 3 is 2.53 bits per heavy atom. The Morgan fingerprint density at radius 2 is 2.07 bits per heavy atom. The topological polar surface area (TPSA) is 38.0 Å². The molecule has 1 heterocycles. The van der Waals surface area contributed by atoms with Gasteiger partial charge in [0.1, 0.15) is 0 Å². The van der Waals surface area contributed by atoms with Gasteiger partial charge in [0.15, 0.2) is 6.10 Å². The van der Waals surface area contributed by atoms with E-state index in [1.165, 1.54) is 16.9 Å². The summed E-state index contributed by atoms with van der Waals surface area (Å²) in [5, 5.41) is 12.8. The van der Waals surface area contributed by atoms with Gasteiger partial charge in [0, 0.05) is 12.7 Å². The molecule has 3 nitrogen and oxygen atoms in total. The first-order valence-electron chi connectivity index (χ1n) is 4.59. The fourth-order valence-electron chi connectivity index (χ4n) is 1.24. The first-order chi connectivity index (χ1) is 6.82. The van der Waals surface area contributed by atoms with Crippen molar-refractivity contribution in [3.8, 4) is 0 Å². The minimum Gasteiger partial charge on any atom is -0.378 e. The van der Waals surface area contributed by atoms with Crippen molar-refractivity contribution in [3.05, 3.63) is 18.0 Å². The molecule has 1 atom stereocenters. The Balaban J connectivity index is 2.90. The van der Waals surface area contributed by atoms with E-state index in [9.17, 15) is 13.2 Å². The molecular formula is C9H13F3N2O. The highest BCUT2D eigenvalue weighted by Crippen LogP contribution is 2.32. The summed E-state index contributed by atoms with van der Waals surface area (Å²) in [5.41, 5.74) is -0.212. The molecule has 0 spiro atoms. The quantitative estimate of drug-likeness (QED) is 0.850. The minimum absolute atomic E-state index is 0.170. The van der Waals surface area contributed by atoms with E-state index in [1.807, 2.05) is 13.8 Å². The average Bonchev–Trinajstić information content (AvgIpc) is 2.48. The smallest absolute Gasteiger partial charge is 0.378 e. The van der Waals surface area contributed by atoms with Gasteiger partial charge in [-0.1, -0.05) is 13.8 Å². The SMILES string of the molecule is CC(C)Cn1nccc1[C@@H](O)C(F)(F)F. The van der Waals surface area contributed by atoms with Crippen LogP contribution >= 0.6 is 0 Å². The minimum atomic E-state index is -4.64. The number of hydrogen-bond acceptors (Lipinski definition) is 2. The Bertz CT molecular complexity index is 319. The molecule has 0 saturated carbocycles. The van der Waals surface area contributed by atoms with Crippen LogP contribution in [0.1, 0.15) is 25.6 Å². The highest BCUT2D eigenvalue weighted by molar-refractivity contribution is 5.06. The summed E-state index contributed by atoms with van der Waals surface area (Å²) in [6, 6.07) is 1.18. The van der Waals surface area contributed by atoms with Crippen molar-refractivity contribution < 1.29 is 18.3 Å². The lowest BCUT2D eigenvalue weighted by atomic mass is 10.2. The van der Waals surface area contributed by atoms with E-state index in [0.29, 0.717) is 6.54 Å². The number of hydrogen-bond donors (Lipinski definition) is 1. The van der Waals surface area contributed by atoms with Crippen LogP contribution < -0.4 is 0 Å². The molecule has 0 saturated heterocycles. The van der Waals surface area contributed by atoms with Gasteiger partial charge in [-0.15, -0.1) is 0 Å². The maximum atomic E-state index is 12.2. The standard InChI is InChI=1S/C9H13F3N2O/c1-6(2)5-14-7(3-4-13-14)8(15)9(10,11)12/h3-4,6,8,15H,5H2,1-2H3/t8-/m1/s1. The summed E-state index contributed by atoms with van der Waals surface area (Å²) in [5.74, 6) is 0.170. The first kappa shape index (κ1) is 12.0. The van der Waals surface area contributed by atoms with E-state index < -0.39 is 12.3 Å². The molecule has 0 amide bonds. The van der Waals surface area contributed by atoms with Crippen LogP contribution in [0, 0.1) is 5.92 Å². The van der Waals surface area contributed by atoms with Crippen LogP contribution in [0.25, 0.3) is 0 Å². The maximum absolute atomic E-state index is 12.2. The number of aliphatic hydroxyl groups excluding tert-OH is 1. The van der Waals surface area contributed by atoms with Crippen LogP contribution in [-0.2, 0) is 6.54 Å². The molecule has 0 aliphatic rings. The lowest BCUT2D eigenvalue weighted by molar-refractivity contribution is -0.209. The van der Waals surface area contributed by atoms with Gasteiger partial charge in [0.05, 0.1) is 5.69 Å². The third kappa shape index (κ3) is 2.95. The monoisotopic (exact) mass is 222 g/mol. The van der Waals surface area contributed by atoms with Crippen LogP contribution in [0.5, 0.6) is 0 Å². The van der Waals surface area contributed by atoms with Gasteiger partial charge >= 0.3 is 6.18 Å². The second-order valence-electron chi connectivity index (χ2n) is 3.78. The van der Waals surface area contributed by atoms with Crippen molar-refractivity contribution in [3.63, 3.8) is 0 Å². The molecule has 1 aromatic rings. The fourth-order valence-corrected chi connectivity index (χ4v) is 1.24. The summed E-state index contributed by atoms with van der Waals surface area (Å²) < 4.78 is 37.9. The van der Waals surface area contributed by atoms with Gasteiger partial charge in [-0.2, -0.15) is 18.3 Å². The van der Waals surface area contributed by atoms with Crippen molar-refractivity contribution in [2.75, 3.05) is 0 Å². The lowest BCUT2D eigenvalue weighted by Crippen LogP contribution is -2.24. The van der Waals surface area contributed by atoms with Crippen molar-refractivity contribution >= 4 is 0 Å². The van der Waals surface area contributed by atoms with Crippen LogP contribution in [0.3, 0.4) is 0 Å². The van der Waals surface area contributed by atoms with Crippen LogP contribution in [0.4, 0.5) is 13.2 Å². The molecule has 0 unspecified atom stereocenters. The van der Waals surface area contributed by atoms with Crippen molar-refractivity contribution in [1.82, 2.24) is 9.78 Å². The summed E-state index contributed by atoms with van der Waals surface area (Å²) >= 11 is 0. The third-order valence-corrected chi connectivity index (χ3v) is 1.88. The Kier molecular flexibility index (Phi) is 3.38. The zero-order valence-electron chi connectivity index (χ0n) is 8.49. The normalized spacial score (nSPS) is 14.6. The van der Waals surface area contributed by atoms with E-state index >= 15 is 0 Å². The molecule has 0 bridgehead atoms. The number of aromatic nitrogens is 2. The highest BCUT2D eigenvalue weighted by atomic mass is 19.4. The zero-order chi connectivity index (χ0) is 11.6. The molecule has 0 aliphatic heterocycles. The van der Waals surface area contributed by atoms with Crippen molar-refractivity contribution in [2.24, 2.45) is 5.92 Å². The molecule has 1 N–H and O–H groups in total. The summed E-state index contributed by atoms with van der Waals surface area (Å²) in [6.07, 6.45) is -5.85. The molecule has 6 heteroatoms. The van der Waals surface area contributed by atoms with E-state index in [2.05, 4.69) is 5.10 Å². The molecule has 15 heavy (non-hydrogen) atoms. The van der Waals surface area contributed by atoms with Gasteiger partial charge in [-0.25, -0.2) is 0 Å². The number of halogens is 3. The van der Waals surface area contributed by atoms with Crippen molar-refractivity contribution in [2.45, 2.75) is 32.7 Å². The van der Waals surface area contributed by atoms with E-state index in [0.717, 1.165) is 0 Å².